The van der Waals surface area contributed by atoms with E-state index in [2.05, 4.69) is 35.2 Å². The molecule has 0 fully saturated rings. The van der Waals surface area contributed by atoms with Crippen molar-refractivity contribution in [2.24, 2.45) is 0 Å². The predicted molar refractivity (Wildman–Crippen MR) is 113 cm³/mol. The van der Waals surface area contributed by atoms with Crippen molar-refractivity contribution in [3.8, 4) is 17.0 Å². The summed E-state index contributed by atoms with van der Waals surface area (Å²) in [5.41, 5.74) is 3.51. The summed E-state index contributed by atoms with van der Waals surface area (Å²) in [5, 5.41) is 3.52. The van der Waals surface area contributed by atoms with Gasteiger partial charge in [-0.25, -0.2) is 9.83 Å². The first kappa shape index (κ1) is 15.8. The normalized spacial score (nSPS) is 11.1. The van der Waals surface area contributed by atoms with Crippen LogP contribution in [0.15, 0.2) is 66.7 Å². The van der Waals surface area contributed by atoms with Gasteiger partial charge in [0.15, 0.2) is 5.69 Å². The zero-order valence-electron chi connectivity index (χ0n) is 14.6. The van der Waals surface area contributed by atoms with Crippen LogP contribution < -0.4 is 4.74 Å². The SMILES string of the molecule is [C-]#[N+]c1ccc(-c2nc3cc(OC)ccc3c3sc4ccccc4c23)cc1. The number of fused-ring (bicyclic) bond motifs is 5. The van der Waals surface area contributed by atoms with Gasteiger partial charge in [-0.2, -0.15) is 0 Å². The van der Waals surface area contributed by atoms with Crippen molar-refractivity contribution in [1.29, 1.82) is 0 Å². The van der Waals surface area contributed by atoms with Gasteiger partial charge in [0.05, 0.1) is 24.9 Å². The van der Waals surface area contributed by atoms with E-state index in [-0.39, 0.29) is 0 Å². The van der Waals surface area contributed by atoms with Crippen LogP contribution in [0, 0.1) is 6.57 Å². The molecule has 0 aliphatic heterocycles. The van der Waals surface area contributed by atoms with Crippen molar-refractivity contribution >= 4 is 48.1 Å². The summed E-state index contributed by atoms with van der Waals surface area (Å²) >= 11 is 1.79. The Morgan fingerprint density at radius 3 is 2.56 bits per heavy atom. The molecule has 5 rings (SSSR count). The lowest BCUT2D eigenvalue weighted by atomic mass is 10.0. The van der Waals surface area contributed by atoms with Crippen molar-refractivity contribution in [3.05, 3.63) is 78.1 Å². The van der Waals surface area contributed by atoms with Crippen LogP contribution in [0.4, 0.5) is 5.69 Å². The van der Waals surface area contributed by atoms with Crippen LogP contribution in [0.1, 0.15) is 0 Å². The third-order valence-corrected chi connectivity index (χ3v) is 5.99. The van der Waals surface area contributed by atoms with Gasteiger partial charge in [0.1, 0.15) is 5.75 Å². The molecule has 27 heavy (non-hydrogen) atoms. The highest BCUT2D eigenvalue weighted by Gasteiger charge is 2.16. The van der Waals surface area contributed by atoms with E-state index in [0.717, 1.165) is 27.9 Å². The average molecular weight is 366 g/mol. The maximum Gasteiger partial charge on any atom is 0.187 e. The Bertz CT molecular complexity index is 1360. The van der Waals surface area contributed by atoms with Crippen molar-refractivity contribution in [3.63, 3.8) is 0 Å². The lowest BCUT2D eigenvalue weighted by Gasteiger charge is -2.09. The molecule has 3 aromatic carbocycles. The van der Waals surface area contributed by atoms with Crippen LogP contribution >= 0.6 is 11.3 Å². The molecule has 128 valence electrons. The van der Waals surface area contributed by atoms with Gasteiger partial charge >= 0.3 is 0 Å². The molecule has 5 aromatic rings. The monoisotopic (exact) mass is 366 g/mol. The van der Waals surface area contributed by atoms with Crippen molar-refractivity contribution in [2.75, 3.05) is 7.11 Å². The van der Waals surface area contributed by atoms with Crippen molar-refractivity contribution in [1.82, 2.24) is 4.98 Å². The standard InChI is InChI=1S/C23H14N2OS/c1-24-15-9-7-14(8-10-15)22-21-18-5-3-4-6-20(18)27-23(21)17-12-11-16(26-2)13-19(17)25-22/h3-13H,2H3. The molecular weight excluding hydrogens is 352 g/mol. The van der Waals surface area contributed by atoms with Gasteiger partial charge in [-0.15, -0.1) is 11.3 Å². The van der Waals surface area contributed by atoms with Crippen LogP contribution in [0.3, 0.4) is 0 Å². The lowest BCUT2D eigenvalue weighted by molar-refractivity contribution is 0.415. The van der Waals surface area contributed by atoms with Crippen molar-refractivity contribution < 1.29 is 4.74 Å². The summed E-state index contributed by atoms with van der Waals surface area (Å²) < 4.78 is 7.88. The number of ether oxygens (including phenoxy) is 1. The number of aromatic nitrogens is 1. The number of hydrogen-bond acceptors (Lipinski definition) is 3. The topological polar surface area (TPSA) is 26.5 Å². The molecule has 0 N–H and O–H groups in total. The van der Waals surface area contributed by atoms with Crippen molar-refractivity contribution in [2.45, 2.75) is 0 Å². The van der Waals surface area contributed by atoms with Gasteiger partial charge < -0.3 is 4.74 Å². The molecule has 2 heterocycles. The van der Waals surface area contributed by atoms with Gasteiger partial charge in [0.2, 0.25) is 0 Å². The first-order valence-corrected chi connectivity index (χ1v) is 9.37. The van der Waals surface area contributed by atoms with E-state index in [1.165, 1.54) is 20.2 Å². The number of pyridine rings is 1. The summed E-state index contributed by atoms with van der Waals surface area (Å²) in [7, 11) is 1.67. The first-order chi connectivity index (χ1) is 13.3. The van der Waals surface area contributed by atoms with E-state index in [1.54, 1.807) is 18.4 Å². The van der Waals surface area contributed by atoms with Gasteiger partial charge in [-0.1, -0.05) is 42.5 Å². The highest BCUT2D eigenvalue weighted by Crippen LogP contribution is 2.43. The fraction of sp³-hybridized carbons (Fsp3) is 0.0435. The maximum absolute atomic E-state index is 7.18. The minimum Gasteiger partial charge on any atom is -0.497 e. The van der Waals surface area contributed by atoms with Crippen LogP contribution in [0.25, 0.3) is 47.2 Å². The maximum atomic E-state index is 7.18. The summed E-state index contributed by atoms with van der Waals surface area (Å²) in [5.74, 6) is 0.796. The summed E-state index contributed by atoms with van der Waals surface area (Å²) in [6, 6.07) is 22.2. The molecule has 0 unspecified atom stereocenters. The highest BCUT2D eigenvalue weighted by molar-refractivity contribution is 7.26. The molecule has 0 aliphatic carbocycles. The molecule has 0 bridgehead atoms. The molecule has 0 radical (unpaired) electrons. The molecular formula is C23H14N2OS. The molecule has 2 aromatic heterocycles. The molecule has 0 spiro atoms. The second kappa shape index (κ2) is 6.08. The van der Waals surface area contributed by atoms with Crippen LogP contribution in [0.2, 0.25) is 0 Å². The Labute approximate surface area is 160 Å². The number of hydrogen-bond donors (Lipinski definition) is 0. The number of methoxy groups -OCH3 is 1. The van der Waals surface area contributed by atoms with E-state index < -0.39 is 0 Å². The van der Waals surface area contributed by atoms with E-state index in [9.17, 15) is 0 Å². The molecule has 3 nitrogen and oxygen atoms in total. The number of rotatable bonds is 2. The first-order valence-electron chi connectivity index (χ1n) is 8.55. The van der Waals surface area contributed by atoms with Gasteiger partial charge in [0, 0.05) is 31.6 Å². The summed E-state index contributed by atoms with van der Waals surface area (Å²) in [6.07, 6.45) is 0. The molecule has 0 saturated heterocycles. The van der Waals surface area contributed by atoms with E-state index in [0.29, 0.717) is 5.69 Å². The fourth-order valence-corrected chi connectivity index (χ4v) is 4.71. The molecule has 0 amide bonds. The minimum absolute atomic E-state index is 0.632. The molecule has 0 aliphatic rings. The fourth-order valence-electron chi connectivity index (χ4n) is 3.47. The quantitative estimate of drug-likeness (QED) is 0.320. The van der Waals surface area contributed by atoms with E-state index in [1.807, 2.05) is 36.4 Å². The number of nitrogens with zero attached hydrogens (tertiary/aromatic N) is 2. The summed E-state index contributed by atoms with van der Waals surface area (Å²) in [4.78, 5) is 8.50. The second-order valence-electron chi connectivity index (χ2n) is 6.30. The summed E-state index contributed by atoms with van der Waals surface area (Å²) in [6.45, 7) is 7.18. The third kappa shape index (κ3) is 2.44. The molecule has 4 heteroatoms. The van der Waals surface area contributed by atoms with Gasteiger partial charge in [-0.3, -0.25) is 0 Å². The number of benzene rings is 3. The van der Waals surface area contributed by atoms with E-state index in [4.69, 9.17) is 16.3 Å². The number of thiophene rings is 1. The van der Waals surface area contributed by atoms with Crippen LogP contribution in [-0.4, -0.2) is 12.1 Å². The molecule has 0 atom stereocenters. The largest absolute Gasteiger partial charge is 0.497 e. The third-order valence-electron chi connectivity index (χ3n) is 4.78. The van der Waals surface area contributed by atoms with Crippen LogP contribution in [0.5, 0.6) is 5.75 Å². The highest BCUT2D eigenvalue weighted by atomic mass is 32.1. The average Bonchev–Trinajstić information content (AvgIpc) is 3.12. The Hall–Kier alpha value is -3.42. The Morgan fingerprint density at radius 2 is 1.78 bits per heavy atom. The Balaban J connectivity index is 1.94. The molecule has 0 saturated carbocycles. The van der Waals surface area contributed by atoms with Crippen LogP contribution in [-0.2, 0) is 0 Å². The lowest BCUT2D eigenvalue weighted by Crippen LogP contribution is -1.89. The zero-order valence-corrected chi connectivity index (χ0v) is 15.4. The Morgan fingerprint density at radius 1 is 0.963 bits per heavy atom. The predicted octanol–water partition coefficient (Wildman–Crippen LogP) is 6.83. The zero-order chi connectivity index (χ0) is 18.4. The minimum atomic E-state index is 0.632. The smallest absolute Gasteiger partial charge is 0.187 e. The Kier molecular flexibility index (Phi) is 3.56. The van der Waals surface area contributed by atoms with E-state index >= 15 is 0 Å². The van der Waals surface area contributed by atoms with Gasteiger partial charge in [0.25, 0.3) is 0 Å². The van der Waals surface area contributed by atoms with Gasteiger partial charge in [-0.05, 0) is 23.8 Å². The second-order valence-corrected chi connectivity index (χ2v) is 7.36.